The minimum atomic E-state index is -0.874. The number of nitrogens with zero attached hydrogens (tertiary/aromatic N) is 3. The summed E-state index contributed by atoms with van der Waals surface area (Å²) in [7, 11) is 0. The zero-order valence-electron chi connectivity index (χ0n) is 12.6. The molecule has 0 spiro atoms. The quantitative estimate of drug-likeness (QED) is 0.800. The first kappa shape index (κ1) is 14.9. The number of pyridine rings is 1. The maximum absolute atomic E-state index is 13.5. The van der Waals surface area contributed by atoms with E-state index < -0.39 is 11.6 Å². The second kappa shape index (κ2) is 6.09. The van der Waals surface area contributed by atoms with Gasteiger partial charge in [0.2, 0.25) is 0 Å². The van der Waals surface area contributed by atoms with Gasteiger partial charge in [-0.2, -0.15) is 0 Å². The number of rotatable bonds is 3. The van der Waals surface area contributed by atoms with Crippen LogP contribution < -0.4 is 5.32 Å². The van der Waals surface area contributed by atoms with E-state index in [1.165, 1.54) is 6.07 Å². The molecule has 1 aliphatic rings. The van der Waals surface area contributed by atoms with Gasteiger partial charge in [-0.1, -0.05) is 6.07 Å². The zero-order valence-corrected chi connectivity index (χ0v) is 12.6. The Morgan fingerprint density at radius 1 is 1.04 bits per heavy atom. The van der Waals surface area contributed by atoms with Crippen LogP contribution in [0.1, 0.15) is 18.1 Å². The summed E-state index contributed by atoms with van der Waals surface area (Å²) >= 11 is 0. The summed E-state index contributed by atoms with van der Waals surface area (Å²) < 4.78 is 32.3. The summed E-state index contributed by atoms with van der Waals surface area (Å²) in [6.45, 7) is 0.536. The van der Waals surface area contributed by atoms with Gasteiger partial charge in [0.25, 0.3) is 0 Å². The molecule has 1 aliphatic heterocycles. The normalized spacial score (nSPS) is 20.4. The first-order valence-corrected chi connectivity index (χ1v) is 7.61. The van der Waals surface area contributed by atoms with E-state index in [9.17, 15) is 8.78 Å². The lowest BCUT2D eigenvalue weighted by molar-refractivity contribution is 0.107. The number of aromatic nitrogens is 3. The molecule has 1 aromatic carbocycles. The highest BCUT2D eigenvalue weighted by molar-refractivity contribution is 5.71. The minimum absolute atomic E-state index is 0.0866. The van der Waals surface area contributed by atoms with Crippen molar-refractivity contribution in [2.75, 3.05) is 11.9 Å². The smallest absolute Gasteiger partial charge is 0.180 e. The Hall–Kier alpha value is -2.67. The molecule has 2 aromatic heterocycles. The van der Waals surface area contributed by atoms with Crippen LogP contribution in [0.15, 0.2) is 42.7 Å². The van der Waals surface area contributed by atoms with E-state index in [1.54, 1.807) is 18.5 Å². The van der Waals surface area contributed by atoms with Crippen molar-refractivity contribution in [1.29, 1.82) is 0 Å². The lowest BCUT2D eigenvalue weighted by Crippen LogP contribution is -2.24. The molecule has 4 rings (SSSR count). The highest BCUT2D eigenvalue weighted by Crippen LogP contribution is 2.32. The summed E-state index contributed by atoms with van der Waals surface area (Å²) in [5.74, 6) is -1.09. The topological polar surface area (TPSA) is 59.9 Å². The molecule has 2 atom stereocenters. The van der Waals surface area contributed by atoms with Crippen LogP contribution in [0.2, 0.25) is 0 Å². The van der Waals surface area contributed by atoms with Crippen molar-refractivity contribution in [3.63, 3.8) is 0 Å². The first-order chi connectivity index (χ1) is 11.7. The fraction of sp³-hybridized carbons (Fsp3) is 0.235. The van der Waals surface area contributed by atoms with Gasteiger partial charge in [-0.25, -0.2) is 18.7 Å². The molecule has 0 aliphatic carbocycles. The summed E-state index contributed by atoms with van der Waals surface area (Å²) in [6, 6.07) is 7.41. The number of nitrogens with one attached hydrogen (secondary N) is 1. The van der Waals surface area contributed by atoms with Gasteiger partial charge in [0.1, 0.15) is 17.4 Å². The maximum atomic E-state index is 13.5. The van der Waals surface area contributed by atoms with Gasteiger partial charge in [0.05, 0.1) is 6.04 Å². The van der Waals surface area contributed by atoms with E-state index >= 15 is 0 Å². The number of anilines is 1. The lowest BCUT2D eigenvalue weighted by Gasteiger charge is -2.21. The summed E-state index contributed by atoms with van der Waals surface area (Å²) in [5, 5.41) is 3.30. The number of fused-ring (bicyclic) bond motifs is 1. The average Bonchev–Trinajstić information content (AvgIpc) is 3.05. The van der Waals surface area contributed by atoms with Gasteiger partial charge < -0.3 is 10.1 Å². The van der Waals surface area contributed by atoms with Crippen LogP contribution in [0, 0.1) is 11.6 Å². The van der Waals surface area contributed by atoms with Crippen LogP contribution in [0.3, 0.4) is 0 Å². The van der Waals surface area contributed by atoms with Gasteiger partial charge in [0.15, 0.2) is 17.3 Å². The number of benzene rings is 1. The van der Waals surface area contributed by atoms with Gasteiger partial charge >= 0.3 is 0 Å². The Balaban J connectivity index is 1.58. The molecule has 24 heavy (non-hydrogen) atoms. The molecule has 1 saturated heterocycles. The van der Waals surface area contributed by atoms with Crippen LogP contribution in [-0.2, 0) is 4.74 Å². The maximum Gasteiger partial charge on any atom is 0.180 e. The van der Waals surface area contributed by atoms with Crippen LogP contribution in [0.4, 0.5) is 14.6 Å². The van der Waals surface area contributed by atoms with Crippen molar-refractivity contribution >= 4 is 17.0 Å². The molecule has 1 N–H and O–H groups in total. The van der Waals surface area contributed by atoms with Crippen molar-refractivity contribution in [3.8, 4) is 0 Å². The van der Waals surface area contributed by atoms with Gasteiger partial charge in [0, 0.05) is 19.0 Å². The Kier molecular flexibility index (Phi) is 3.78. The summed E-state index contributed by atoms with van der Waals surface area (Å²) in [6.07, 6.45) is 3.58. The number of hydrogen-bond acceptors (Lipinski definition) is 5. The minimum Gasteiger partial charge on any atom is -0.371 e. The largest absolute Gasteiger partial charge is 0.371 e. The van der Waals surface area contributed by atoms with E-state index in [2.05, 4.69) is 20.3 Å². The predicted molar refractivity (Wildman–Crippen MR) is 84.4 cm³/mol. The average molecular weight is 328 g/mol. The van der Waals surface area contributed by atoms with E-state index in [4.69, 9.17) is 4.74 Å². The SMILES string of the molecule is Fc1ccc(C2OCCC2Nc2ccc3nccnc3n2)cc1F. The Bertz CT molecular complexity index is 889. The van der Waals surface area contributed by atoms with E-state index in [-0.39, 0.29) is 12.1 Å². The molecule has 0 saturated carbocycles. The van der Waals surface area contributed by atoms with Gasteiger partial charge in [-0.05, 0) is 36.2 Å². The number of halogens is 2. The second-order valence-corrected chi connectivity index (χ2v) is 5.60. The van der Waals surface area contributed by atoms with E-state index in [1.807, 2.05) is 12.1 Å². The Morgan fingerprint density at radius 3 is 2.79 bits per heavy atom. The first-order valence-electron chi connectivity index (χ1n) is 7.61. The van der Waals surface area contributed by atoms with Crippen molar-refractivity contribution in [2.45, 2.75) is 18.6 Å². The number of hydrogen-bond donors (Lipinski definition) is 1. The predicted octanol–water partition coefficient (Wildman–Crippen LogP) is 3.25. The lowest BCUT2D eigenvalue weighted by atomic mass is 10.0. The highest BCUT2D eigenvalue weighted by atomic mass is 19.2. The summed E-state index contributed by atoms with van der Waals surface area (Å²) in [5.41, 5.74) is 1.86. The Labute approximate surface area is 136 Å². The molecule has 0 amide bonds. The van der Waals surface area contributed by atoms with Gasteiger partial charge in [-0.3, -0.25) is 4.98 Å². The monoisotopic (exact) mass is 328 g/mol. The molecule has 122 valence electrons. The third-order valence-corrected chi connectivity index (χ3v) is 4.03. The van der Waals surface area contributed by atoms with Crippen molar-refractivity contribution in [3.05, 3.63) is 59.9 Å². The van der Waals surface area contributed by atoms with E-state index in [0.717, 1.165) is 12.5 Å². The van der Waals surface area contributed by atoms with Crippen LogP contribution >= 0.6 is 0 Å². The van der Waals surface area contributed by atoms with E-state index in [0.29, 0.717) is 29.2 Å². The molecule has 5 nitrogen and oxygen atoms in total. The molecule has 7 heteroatoms. The molecular formula is C17H14F2N4O. The molecule has 3 heterocycles. The third kappa shape index (κ3) is 2.78. The fourth-order valence-corrected chi connectivity index (χ4v) is 2.88. The third-order valence-electron chi connectivity index (χ3n) is 4.03. The molecule has 2 unspecified atom stereocenters. The van der Waals surface area contributed by atoms with Gasteiger partial charge in [-0.15, -0.1) is 0 Å². The van der Waals surface area contributed by atoms with Crippen molar-refractivity contribution in [1.82, 2.24) is 15.0 Å². The second-order valence-electron chi connectivity index (χ2n) is 5.60. The Morgan fingerprint density at radius 2 is 1.92 bits per heavy atom. The molecule has 1 fully saturated rings. The number of ether oxygens (including phenoxy) is 1. The zero-order chi connectivity index (χ0) is 16.5. The highest BCUT2D eigenvalue weighted by Gasteiger charge is 2.30. The van der Waals surface area contributed by atoms with Crippen LogP contribution in [-0.4, -0.2) is 27.6 Å². The van der Waals surface area contributed by atoms with Crippen molar-refractivity contribution in [2.24, 2.45) is 0 Å². The van der Waals surface area contributed by atoms with Crippen LogP contribution in [0.25, 0.3) is 11.2 Å². The molecule has 0 radical (unpaired) electrons. The molecule has 3 aromatic rings. The molecule has 0 bridgehead atoms. The fourth-order valence-electron chi connectivity index (χ4n) is 2.88. The molecular weight excluding hydrogens is 314 g/mol. The summed E-state index contributed by atoms with van der Waals surface area (Å²) in [4.78, 5) is 12.8. The van der Waals surface area contributed by atoms with Crippen molar-refractivity contribution < 1.29 is 13.5 Å². The van der Waals surface area contributed by atoms with Crippen LogP contribution in [0.5, 0.6) is 0 Å². The standard InChI is InChI=1S/C17H14F2N4O/c18-11-2-1-10(9-12(11)19)16-13(5-8-24-16)22-15-4-3-14-17(23-15)21-7-6-20-14/h1-4,6-7,9,13,16H,5,8H2,(H,21,22,23).